The average Bonchev–Trinajstić information content (AvgIpc) is 3.23. The van der Waals surface area contributed by atoms with Crippen LogP contribution in [0.15, 0.2) is 42.5 Å². The van der Waals surface area contributed by atoms with Crippen LogP contribution in [0.3, 0.4) is 0 Å². The van der Waals surface area contributed by atoms with E-state index >= 15 is 0 Å². The van der Waals surface area contributed by atoms with Gasteiger partial charge in [-0.05, 0) is 63.6 Å². The molecule has 3 N–H and O–H groups in total. The van der Waals surface area contributed by atoms with Crippen molar-refractivity contribution in [2.24, 2.45) is 5.73 Å². The van der Waals surface area contributed by atoms with E-state index in [1.54, 1.807) is 6.07 Å². The van der Waals surface area contributed by atoms with Crippen LogP contribution in [0.1, 0.15) is 32.3 Å². The van der Waals surface area contributed by atoms with Crippen LogP contribution in [0, 0.1) is 11.3 Å². The molecule has 1 aliphatic rings. The van der Waals surface area contributed by atoms with Gasteiger partial charge in [0.2, 0.25) is 0 Å². The zero-order valence-electron chi connectivity index (χ0n) is 21.7. The van der Waals surface area contributed by atoms with E-state index in [4.69, 9.17) is 15.2 Å². The summed E-state index contributed by atoms with van der Waals surface area (Å²) in [5.41, 5.74) is 8.00. The Kier molecular flexibility index (Phi) is 8.75. The molecule has 0 spiro atoms. The van der Waals surface area contributed by atoms with Crippen molar-refractivity contribution in [1.82, 2.24) is 9.47 Å². The van der Waals surface area contributed by atoms with Gasteiger partial charge in [0.1, 0.15) is 5.82 Å². The van der Waals surface area contributed by atoms with Crippen LogP contribution < -0.4 is 25.4 Å². The SMILES string of the molecule is CCOc1cccc(N2CCN(CCCCn3c(NC(N)=O)cc4ccc(C#N)cc43)CC2)c1OCC. The van der Waals surface area contributed by atoms with Gasteiger partial charge in [-0.3, -0.25) is 10.2 Å². The summed E-state index contributed by atoms with van der Waals surface area (Å²) in [6.45, 7) is 10.8. The fraction of sp³-hybridized carbons (Fsp3) is 0.429. The number of ether oxygens (including phenoxy) is 2. The monoisotopic (exact) mass is 504 g/mol. The molecule has 0 atom stereocenters. The number of nitrogens with one attached hydrogen (secondary N) is 1. The minimum Gasteiger partial charge on any atom is -0.490 e. The number of nitrogens with two attached hydrogens (primary N) is 1. The van der Waals surface area contributed by atoms with Gasteiger partial charge in [-0.1, -0.05) is 12.1 Å². The number of piperazine rings is 1. The number of aromatic nitrogens is 1. The van der Waals surface area contributed by atoms with Crippen LogP contribution in [0.5, 0.6) is 11.5 Å². The summed E-state index contributed by atoms with van der Waals surface area (Å²) in [4.78, 5) is 16.4. The van der Waals surface area contributed by atoms with Crippen molar-refractivity contribution < 1.29 is 14.3 Å². The molecule has 1 fully saturated rings. The van der Waals surface area contributed by atoms with Crippen molar-refractivity contribution in [2.45, 2.75) is 33.2 Å². The molecule has 0 radical (unpaired) electrons. The highest BCUT2D eigenvalue weighted by molar-refractivity contribution is 5.93. The fourth-order valence-corrected chi connectivity index (χ4v) is 4.92. The number of carbonyl (C=O) groups excluding carboxylic acids is 1. The van der Waals surface area contributed by atoms with Gasteiger partial charge in [0.25, 0.3) is 0 Å². The Bertz CT molecular complexity index is 1260. The summed E-state index contributed by atoms with van der Waals surface area (Å²) in [6, 6.07) is 15.1. The highest BCUT2D eigenvalue weighted by atomic mass is 16.5. The molecular formula is C28H36N6O3. The number of nitrogens with zero attached hydrogens (tertiary/aromatic N) is 4. The maximum Gasteiger partial charge on any atom is 0.317 e. The molecule has 1 aromatic heterocycles. The average molecular weight is 505 g/mol. The number of aryl methyl sites for hydroxylation is 1. The summed E-state index contributed by atoms with van der Waals surface area (Å²) in [6.07, 6.45) is 1.97. The Morgan fingerprint density at radius 1 is 1.03 bits per heavy atom. The van der Waals surface area contributed by atoms with Gasteiger partial charge in [-0.2, -0.15) is 5.26 Å². The number of rotatable bonds is 11. The topological polar surface area (TPSA) is 109 Å². The molecule has 0 saturated carbocycles. The zero-order valence-corrected chi connectivity index (χ0v) is 21.7. The van der Waals surface area contributed by atoms with E-state index in [-0.39, 0.29) is 0 Å². The van der Waals surface area contributed by atoms with Crippen LogP contribution >= 0.6 is 0 Å². The second-order valence-electron chi connectivity index (χ2n) is 9.06. The molecule has 4 rings (SSSR count). The highest BCUT2D eigenvalue weighted by Gasteiger charge is 2.22. The summed E-state index contributed by atoms with van der Waals surface area (Å²) in [5, 5.41) is 13.0. The molecule has 2 amide bonds. The van der Waals surface area contributed by atoms with Crippen molar-refractivity contribution in [3.8, 4) is 17.6 Å². The number of carbonyl (C=O) groups is 1. The lowest BCUT2D eigenvalue weighted by molar-refractivity contribution is 0.249. The van der Waals surface area contributed by atoms with Crippen LogP contribution in [0.4, 0.5) is 16.3 Å². The Hall–Kier alpha value is -3.90. The molecule has 2 heterocycles. The first-order valence-corrected chi connectivity index (χ1v) is 13.0. The lowest BCUT2D eigenvalue weighted by Crippen LogP contribution is -2.46. The Morgan fingerprint density at radius 2 is 1.78 bits per heavy atom. The third kappa shape index (κ3) is 6.27. The lowest BCUT2D eigenvalue weighted by Gasteiger charge is -2.37. The minimum atomic E-state index is -0.596. The van der Waals surface area contributed by atoms with Gasteiger partial charge in [0, 0.05) is 38.1 Å². The van der Waals surface area contributed by atoms with Gasteiger partial charge in [-0.25, -0.2) is 4.79 Å². The normalized spacial score (nSPS) is 13.9. The number of para-hydroxylation sites is 1. The van der Waals surface area contributed by atoms with Crippen molar-refractivity contribution in [3.05, 3.63) is 48.0 Å². The molecule has 196 valence electrons. The summed E-state index contributed by atoms with van der Waals surface area (Å²) in [5.74, 6) is 2.29. The Labute approximate surface area is 218 Å². The molecule has 0 aliphatic carbocycles. The molecule has 1 aliphatic heterocycles. The highest BCUT2D eigenvalue weighted by Crippen LogP contribution is 2.38. The number of nitriles is 1. The number of hydrogen-bond donors (Lipinski definition) is 2. The minimum absolute atomic E-state index is 0.592. The zero-order chi connectivity index (χ0) is 26.2. The smallest absolute Gasteiger partial charge is 0.317 e. The Balaban J connectivity index is 1.33. The number of amides is 2. The summed E-state index contributed by atoms with van der Waals surface area (Å²) in [7, 11) is 0. The van der Waals surface area contributed by atoms with E-state index in [1.807, 2.05) is 48.7 Å². The van der Waals surface area contributed by atoms with Gasteiger partial charge in [0.15, 0.2) is 11.5 Å². The second-order valence-corrected chi connectivity index (χ2v) is 9.06. The van der Waals surface area contributed by atoms with Gasteiger partial charge in [-0.15, -0.1) is 0 Å². The predicted octanol–water partition coefficient (Wildman–Crippen LogP) is 4.40. The molecule has 0 unspecified atom stereocenters. The van der Waals surface area contributed by atoms with E-state index < -0.39 is 6.03 Å². The quantitative estimate of drug-likeness (QED) is 0.375. The molecule has 0 bridgehead atoms. The fourth-order valence-electron chi connectivity index (χ4n) is 4.92. The van der Waals surface area contributed by atoms with E-state index in [2.05, 4.69) is 27.3 Å². The van der Waals surface area contributed by atoms with Crippen molar-refractivity contribution in [1.29, 1.82) is 5.26 Å². The lowest BCUT2D eigenvalue weighted by atomic mass is 10.2. The van der Waals surface area contributed by atoms with E-state index in [1.165, 1.54) is 0 Å². The molecule has 3 aromatic rings. The maximum absolute atomic E-state index is 11.5. The number of urea groups is 1. The van der Waals surface area contributed by atoms with E-state index in [0.29, 0.717) is 24.6 Å². The first kappa shape index (κ1) is 26.2. The van der Waals surface area contributed by atoms with E-state index in [0.717, 1.165) is 80.2 Å². The largest absolute Gasteiger partial charge is 0.490 e. The third-order valence-electron chi connectivity index (χ3n) is 6.65. The number of anilines is 2. The molecule has 1 saturated heterocycles. The third-order valence-corrected chi connectivity index (χ3v) is 6.65. The Morgan fingerprint density at radius 3 is 2.49 bits per heavy atom. The standard InChI is InChI=1S/C28H36N6O3/c1-3-36-25-9-7-8-23(27(25)37-4-2)33-16-14-32(15-17-33)12-5-6-13-34-24-18-21(20-29)10-11-22(24)19-26(34)31-28(30)35/h7-11,18-19H,3-6,12-17H2,1-2H3,(H3,30,31,35). The number of primary amides is 1. The van der Waals surface area contributed by atoms with Crippen LogP contribution in [0.2, 0.25) is 0 Å². The molecule has 37 heavy (non-hydrogen) atoms. The van der Waals surface area contributed by atoms with Crippen LogP contribution in [-0.4, -0.2) is 61.4 Å². The second kappa shape index (κ2) is 12.4. The van der Waals surface area contributed by atoms with E-state index in [9.17, 15) is 10.1 Å². The maximum atomic E-state index is 11.5. The van der Waals surface area contributed by atoms with Crippen molar-refractivity contribution >= 4 is 28.4 Å². The van der Waals surface area contributed by atoms with Crippen LogP contribution in [0.25, 0.3) is 10.9 Å². The molecular weight excluding hydrogens is 468 g/mol. The van der Waals surface area contributed by atoms with Gasteiger partial charge < -0.3 is 24.7 Å². The molecule has 9 heteroatoms. The summed E-state index contributed by atoms with van der Waals surface area (Å²) >= 11 is 0. The number of fused-ring (bicyclic) bond motifs is 1. The molecule has 9 nitrogen and oxygen atoms in total. The van der Waals surface area contributed by atoms with Gasteiger partial charge >= 0.3 is 6.03 Å². The first-order valence-electron chi connectivity index (χ1n) is 13.0. The first-order chi connectivity index (χ1) is 18.0. The number of unbranched alkanes of at least 4 members (excludes halogenated alkanes) is 1. The van der Waals surface area contributed by atoms with Crippen molar-refractivity contribution in [3.63, 3.8) is 0 Å². The number of hydrogen-bond acceptors (Lipinski definition) is 6. The van der Waals surface area contributed by atoms with Gasteiger partial charge in [0.05, 0.1) is 36.1 Å². The predicted molar refractivity (Wildman–Crippen MR) is 147 cm³/mol. The summed E-state index contributed by atoms with van der Waals surface area (Å²) < 4.78 is 13.8. The van der Waals surface area contributed by atoms with Crippen molar-refractivity contribution in [2.75, 3.05) is 56.2 Å². The number of benzene rings is 2. The van der Waals surface area contributed by atoms with Crippen LogP contribution in [-0.2, 0) is 6.54 Å². The molecule has 2 aromatic carbocycles.